The molecule has 6 heteroatoms. The summed E-state index contributed by atoms with van der Waals surface area (Å²) in [5.41, 5.74) is 1.03. The van der Waals surface area contributed by atoms with Gasteiger partial charge in [-0.2, -0.15) is 0 Å². The van der Waals surface area contributed by atoms with Crippen LogP contribution in [0.2, 0.25) is 0 Å². The third-order valence-corrected chi connectivity index (χ3v) is 5.60. The molecule has 1 aliphatic heterocycles. The van der Waals surface area contributed by atoms with E-state index in [2.05, 4.69) is 4.67 Å². The van der Waals surface area contributed by atoms with Crippen LogP contribution in [-0.2, 0) is 9.32 Å². The highest BCUT2D eigenvalue weighted by atomic mass is 31.2. The van der Waals surface area contributed by atoms with E-state index in [4.69, 9.17) is 4.52 Å². The molecule has 0 aliphatic carbocycles. The van der Waals surface area contributed by atoms with Gasteiger partial charge in [0, 0.05) is 13.1 Å². The highest BCUT2D eigenvalue weighted by molar-refractivity contribution is 7.48. The number of alkyl halides is 1. The standard InChI is InChI=1S/C14H20FN2O2P/c1-3-16(4-2)20-17(14(18)10-15)11-13(19-20)12-8-6-5-7-9-12/h5-9,13H,3-4,10-11H2,1-2H3. The first-order valence-electron chi connectivity index (χ1n) is 6.84. The van der Waals surface area contributed by atoms with E-state index in [9.17, 15) is 9.18 Å². The fourth-order valence-corrected chi connectivity index (χ4v) is 4.20. The van der Waals surface area contributed by atoms with Crippen molar-refractivity contribution < 1.29 is 13.7 Å². The highest BCUT2D eigenvalue weighted by Crippen LogP contribution is 2.55. The molecule has 1 amide bonds. The maximum atomic E-state index is 12.8. The molecule has 0 spiro atoms. The van der Waals surface area contributed by atoms with E-state index in [1.54, 1.807) is 4.67 Å². The minimum Gasteiger partial charge on any atom is -0.317 e. The van der Waals surface area contributed by atoms with E-state index in [1.165, 1.54) is 0 Å². The minimum atomic E-state index is -1.20. The number of hydrogen-bond donors (Lipinski definition) is 0. The number of carbonyl (C=O) groups excluding carboxylic acids is 1. The molecular weight excluding hydrogens is 278 g/mol. The molecule has 20 heavy (non-hydrogen) atoms. The molecular formula is C14H20FN2O2P. The van der Waals surface area contributed by atoms with Gasteiger partial charge in [-0.15, -0.1) is 0 Å². The Balaban J connectivity index is 2.19. The molecule has 0 radical (unpaired) electrons. The zero-order valence-electron chi connectivity index (χ0n) is 11.8. The van der Waals surface area contributed by atoms with Gasteiger partial charge in [-0.3, -0.25) is 9.46 Å². The number of carbonyl (C=O) groups is 1. The van der Waals surface area contributed by atoms with Crippen molar-refractivity contribution in [2.45, 2.75) is 20.0 Å². The van der Waals surface area contributed by atoms with Crippen molar-refractivity contribution >= 4 is 14.4 Å². The molecule has 0 aromatic heterocycles. The van der Waals surface area contributed by atoms with Gasteiger partial charge < -0.3 is 4.52 Å². The fraction of sp³-hybridized carbons (Fsp3) is 0.500. The van der Waals surface area contributed by atoms with Gasteiger partial charge in [-0.25, -0.2) is 9.06 Å². The second-order valence-electron chi connectivity index (χ2n) is 4.51. The number of halogens is 1. The summed E-state index contributed by atoms with van der Waals surface area (Å²) in [4.78, 5) is 11.8. The Bertz CT molecular complexity index is 442. The van der Waals surface area contributed by atoms with Crippen molar-refractivity contribution in [3.05, 3.63) is 35.9 Å². The molecule has 1 aromatic rings. The molecule has 2 unspecified atom stereocenters. The lowest BCUT2D eigenvalue weighted by Crippen LogP contribution is -2.31. The van der Waals surface area contributed by atoms with Crippen molar-refractivity contribution in [3.63, 3.8) is 0 Å². The first kappa shape index (κ1) is 15.4. The Morgan fingerprint density at radius 2 is 2.05 bits per heavy atom. The summed E-state index contributed by atoms with van der Waals surface area (Å²) in [5, 5.41) is 0. The third kappa shape index (κ3) is 3.17. The van der Waals surface area contributed by atoms with Crippen molar-refractivity contribution in [3.8, 4) is 0 Å². The third-order valence-electron chi connectivity index (χ3n) is 3.31. The van der Waals surface area contributed by atoms with E-state index in [-0.39, 0.29) is 6.10 Å². The fourth-order valence-electron chi connectivity index (χ4n) is 2.22. The molecule has 0 N–H and O–H groups in total. The lowest BCUT2D eigenvalue weighted by Gasteiger charge is -2.29. The highest BCUT2D eigenvalue weighted by Gasteiger charge is 2.40. The van der Waals surface area contributed by atoms with E-state index in [1.807, 2.05) is 44.2 Å². The quantitative estimate of drug-likeness (QED) is 0.783. The molecule has 1 aromatic carbocycles. The normalized spacial score (nSPS) is 22.5. The summed E-state index contributed by atoms with van der Waals surface area (Å²) in [6, 6.07) is 9.78. The van der Waals surface area contributed by atoms with Crippen molar-refractivity contribution in [1.29, 1.82) is 0 Å². The summed E-state index contributed by atoms with van der Waals surface area (Å²) in [5.74, 6) is -0.485. The maximum Gasteiger partial charge on any atom is 0.259 e. The number of amides is 1. The molecule has 1 heterocycles. The van der Waals surface area contributed by atoms with Gasteiger partial charge in [0.05, 0.1) is 6.54 Å². The minimum absolute atomic E-state index is 0.168. The van der Waals surface area contributed by atoms with E-state index in [0.29, 0.717) is 6.54 Å². The van der Waals surface area contributed by atoms with Gasteiger partial charge in [0.1, 0.15) is 6.10 Å². The van der Waals surface area contributed by atoms with Gasteiger partial charge in [0.15, 0.2) is 6.67 Å². The first-order chi connectivity index (χ1) is 9.71. The van der Waals surface area contributed by atoms with Crippen LogP contribution in [0.1, 0.15) is 25.5 Å². The van der Waals surface area contributed by atoms with Crippen molar-refractivity contribution in [2.24, 2.45) is 0 Å². The molecule has 110 valence electrons. The van der Waals surface area contributed by atoms with Crippen LogP contribution >= 0.6 is 8.45 Å². The zero-order valence-corrected chi connectivity index (χ0v) is 12.7. The van der Waals surface area contributed by atoms with E-state index < -0.39 is 21.0 Å². The van der Waals surface area contributed by atoms with Crippen molar-refractivity contribution in [1.82, 2.24) is 9.34 Å². The molecule has 4 nitrogen and oxygen atoms in total. The second kappa shape index (κ2) is 7.11. The largest absolute Gasteiger partial charge is 0.317 e. The number of benzene rings is 1. The van der Waals surface area contributed by atoms with Crippen LogP contribution in [0.5, 0.6) is 0 Å². The van der Waals surface area contributed by atoms with Crippen LogP contribution in [0.15, 0.2) is 30.3 Å². The smallest absolute Gasteiger partial charge is 0.259 e. The van der Waals surface area contributed by atoms with Crippen LogP contribution in [-0.4, -0.2) is 41.6 Å². The number of nitrogens with zero attached hydrogens (tertiary/aromatic N) is 2. The van der Waals surface area contributed by atoms with Crippen LogP contribution < -0.4 is 0 Å². The van der Waals surface area contributed by atoms with Crippen LogP contribution in [0.4, 0.5) is 4.39 Å². The van der Waals surface area contributed by atoms with Crippen molar-refractivity contribution in [2.75, 3.05) is 26.3 Å². The lowest BCUT2D eigenvalue weighted by molar-refractivity contribution is -0.127. The van der Waals surface area contributed by atoms with Gasteiger partial charge in [-0.1, -0.05) is 44.2 Å². The monoisotopic (exact) mass is 298 g/mol. The zero-order chi connectivity index (χ0) is 14.5. The van der Waals surface area contributed by atoms with Gasteiger partial charge in [0.25, 0.3) is 5.91 Å². The average Bonchev–Trinajstić information content (AvgIpc) is 2.94. The van der Waals surface area contributed by atoms with Crippen LogP contribution in [0, 0.1) is 0 Å². The molecule has 0 saturated carbocycles. The Hall–Kier alpha value is -1.03. The molecule has 1 saturated heterocycles. The summed E-state index contributed by atoms with van der Waals surface area (Å²) >= 11 is 0. The maximum absolute atomic E-state index is 12.8. The Morgan fingerprint density at radius 1 is 1.40 bits per heavy atom. The number of rotatable bonds is 5. The topological polar surface area (TPSA) is 32.8 Å². The summed E-state index contributed by atoms with van der Waals surface area (Å²) in [7, 11) is -1.20. The Morgan fingerprint density at radius 3 is 2.60 bits per heavy atom. The predicted molar refractivity (Wildman–Crippen MR) is 77.8 cm³/mol. The van der Waals surface area contributed by atoms with Gasteiger partial charge in [-0.05, 0) is 5.56 Å². The number of hydrogen-bond acceptors (Lipinski definition) is 3. The average molecular weight is 298 g/mol. The SMILES string of the molecule is CCN(CC)P1OC(c2ccccc2)CN1C(=O)CF. The molecule has 1 fully saturated rings. The predicted octanol–water partition coefficient (Wildman–Crippen LogP) is 3.12. The Kier molecular flexibility index (Phi) is 5.46. The summed E-state index contributed by atoms with van der Waals surface area (Å²) in [6.45, 7) is 5.05. The van der Waals surface area contributed by atoms with Gasteiger partial charge >= 0.3 is 0 Å². The second-order valence-corrected chi connectivity index (χ2v) is 6.27. The molecule has 2 rings (SSSR count). The summed E-state index contributed by atoms with van der Waals surface area (Å²) in [6.07, 6.45) is -0.168. The van der Waals surface area contributed by atoms with E-state index in [0.717, 1.165) is 18.7 Å². The molecule has 0 bridgehead atoms. The lowest BCUT2D eigenvalue weighted by atomic mass is 10.1. The molecule has 2 atom stereocenters. The van der Waals surface area contributed by atoms with Crippen LogP contribution in [0.25, 0.3) is 0 Å². The first-order valence-corrected chi connectivity index (χ1v) is 8.00. The van der Waals surface area contributed by atoms with Crippen LogP contribution in [0.3, 0.4) is 0 Å². The summed E-state index contributed by atoms with van der Waals surface area (Å²) < 4.78 is 22.4. The van der Waals surface area contributed by atoms with E-state index >= 15 is 0 Å². The van der Waals surface area contributed by atoms with Gasteiger partial charge in [0.2, 0.25) is 8.45 Å². The Labute approximate surface area is 120 Å². The molecule has 1 aliphatic rings.